The molecule has 0 saturated carbocycles. The maximum atomic E-state index is 11.2. The fraction of sp³-hybridized carbons (Fsp3) is 0.278. The van der Waals surface area contributed by atoms with Crippen molar-refractivity contribution in [3.8, 4) is 0 Å². The van der Waals surface area contributed by atoms with Crippen molar-refractivity contribution in [2.45, 2.75) is 34.6 Å². The predicted octanol–water partition coefficient (Wildman–Crippen LogP) is 4.57. The van der Waals surface area contributed by atoms with Gasteiger partial charge in [-0.15, -0.1) is 0 Å². The van der Waals surface area contributed by atoms with E-state index >= 15 is 0 Å². The Morgan fingerprint density at radius 3 is 2.04 bits per heavy atom. The van der Waals surface area contributed by atoms with Gasteiger partial charge in [-0.3, -0.25) is 25.7 Å². The number of nitro groups is 2. The van der Waals surface area contributed by atoms with Gasteiger partial charge in [0.05, 0.1) is 21.6 Å². The Bertz CT molecular complexity index is 909. The number of rotatable bonds is 5. The van der Waals surface area contributed by atoms with Crippen LogP contribution in [-0.4, -0.2) is 15.6 Å². The molecule has 2 aromatic carbocycles. The fourth-order valence-electron chi connectivity index (χ4n) is 2.84. The third-order valence-corrected chi connectivity index (χ3v) is 4.46. The lowest BCUT2D eigenvalue weighted by Gasteiger charge is -2.15. The lowest BCUT2D eigenvalue weighted by molar-refractivity contribution is -0.393. The number of hydrogen-bond acceptors (Lipinski definition) is 6. The molecule has 0 unspecified atom stereocenters. The molecule has 0 aliphatic carbocycles. The molecular weight excluding hydrogens is 336 g/mol. The van der Waals surface area contributed by atoms with Crippen LogP contribution < -0.4 is 5.43 Å². The van der Waals surface area contributed by atoms with Crippen LogP contribution in [0.4, 0.5) is 17.1 Å². The molecule has 0 aromatic heterocycles. The van der Waals surface area contributed by atoms with E-state index in [-0.39, 0.29) is 11.4 Å². The van der Waals surface area contributed by atoms with Crippen LogP contribution in [0.25, 0.3) is 0 Å². The molecule has 0 fully saturated rings. The van der Waals surface area contributed by atoms with Crippen LogP contribution >= 0.6 is 0 Å². The molecule has 0 amide bonds. The highest BCUT2D eigenvalue weighted by Crippen LogP contribution is 2.29. The molecule has 0 spiro atoms. The molecule has 0 saturated heterocycles. The van der Waals surface area contributed by atoms with Gasteiger partial charge in [-0.1, -0.05) is 6.07 Å². The molecule has 2 aromatic rings. The van der Waals surface area contributed by atoms with Gasteiger partial charge in [-0.25, -0.2) is 0 Å². The fourth-order valence-corrected chi connectivity index (χ4v) is 2.84. The number of nitrogens with zero attached hydrogens (tertiary/aromatic N) is 3. The summed E-state index contributed by atoms with van der Waals surface area (Å²) >= 11 is 0. The number of nitro benzene ring substituents is 2. The van der Waals surface area contributed by atoms with Gasteiger partial charge in [0, 0.05) is 11.6 Å². The third-order valence-electron chi connectivity index (χ3n) is 4.46. The number of non-ortho nitro benzene ring substituents is 1. The molecule has 8 nitrogen and oxygen atoms in total. The van der Waals surface area contributed by atoms with Crippen molar-refractivity contribution in [1.82, 2.24) is 0 Å². The van der Waals surface area contributed by atoms with Crippen LogP contribution in [-0.2, 0) is 0 Å². The van der Waals surface area contributed by atoms with Gasteiger partial charge in [-0.05, 0) is 62.9 Å². The van der Waals surface area contributed by atoms with Crippen molar-refractivity contribution in [1.29, 1.82) is 0 Å². The molecule has 26 heavy (non-hydrogen) atoms. The Labute approximate surface area is 150 Å². The van der Waals surface area contributed by atoms with Crippen molar-refractivity contribution >= 4 is 22.8 Å². The van der Waals surface area contributed by atoms with E-state index in [0.29, 0.717) is 5.71 Å². The predicted molar refractivity (Wildman–Crippen MR) is 101 cm³/mol. The van der Waals surface area contributed by atoms with Crippen LogP contribution in [0.1, 0.15) is 34.7 Å². The SMILES string of the molecule is C/C(=N\Nc1ccc([N+](=O)[O-])cc1[N+](=O)[O-])c1c(C)c(C)cc(C)c1C. The summed E-state index contributed by atoms with van der Waals surface area (Å²) in [6.45, 7) is 9.87. The van der Waals surface area contributed by atoms with E-state index in [0.717, 1.165) is 33.9 Å². The minimum atomic E-state index is -0.673. The van der Waals surface area contributed by atoms with Gasteiger partial charge in [0.1, 0.15) is 5.69 Å². The molecule has 0 atom stereocenters. The second-order valence-corrected chi connectivity index (χ2v) is 6.16. The monoisotopic (exact) mass is 356 g/mol. The Kier molecular flexibility index (Phi) is 5.35. The zero-order chi connectivity index (χ0) is 19.6. The van der Waals surface area contributed by atoms with Crippen molar-refractivity contribution in [3.63, 3.8) is 0 Å². The summed E-state index contributed by atoms with van der Waals surface area (Å²) < 4.78 is 0. The van der Waals surface area contributed by atoms with Crippen molar-refractivity contribution in [3.05, 3.63) is 72.3 Å². The molecule has 0 bridgehead atoms. The Hall–Kier alpha value is -3.29. The molecule has 0 aliphatic heterocycles. The molecular formula is C18H20N4O4. The van der Waals surface area contributed by atoms with Crippen molar-refractivity contribution in [2.24, 2.45) is 5.10 Å². The average Bonchev–Trinajstić information content (AvgIpc) is 2.58. The second kappa shape index (κ2) is 7.30. The maximum Gasteiger partial charge on any atom is 0.301 e. The van der Waals surface area contributed by atoms with Gasteiger partial charge in [0.25, 0.3) is 5.69 Å². The first-order valence-electron chi connectivity index (χ1n) is 7.94. The minimum absolute atomic E-state index is 0.0969. The summed E-state index contributed by atoms with van der Waals surface area (Å²) in [4.78, 5) is 20.7. The summed E-state index contributed by atoms with van der Waals surface area (Å²) in [6.07, 6.45) is 0. The molecule has 8 heteroatoms. The van der Waals surface area contributed by atoms with Gasteiger partial charge >= 0.3 is 5.69 Å². The van der Waals surface area contributed by atoms with Crippen molar-refractivity contribution < 1.29 is 9.85 Å². The molecule has 0 radical (unpaired) electrons. The summed E-state index contributed by atoms with van der Waals surface area (Å²) in [7, 11) is 0. The number of aryl methyl sites for hydroxylation is 2. The number of nitrogens with one attached hydrogen (secondary N) is 1. The number of anilines is 1. The summed E-state index contributed by atoms with van der Waals surface area (Å²) in [5, 5.41) is 26.3. The summed E-state index contributed by atoms with van der Waals surface area (Å²) in [5.74, 6) is 0. The molecule has 136 valence electrons. The Morgan fingerprint density at radius 2 is 1.54 bits per heavy atom. The minimum Gasteiger partial charge on any atom is -0.271 e. The van der Waals surface area contributed by atoms with Gasteiger partial charge in [-0.2, -0.15) is 5.10 Å². The van der Waals surface area contributed by atoms with Gasteiger partial charge in [0.15, 0.2) is 0 Å². The highest BCUT2D eigenvalue weighted by atomic mass is 16.6. The Balaban J connectivity index is 2.45. The lowest BCUT2D eigenvalue weighted by atomic mass is 9.92. The summed E-state index contributed by atoms with van der Waals surface area (Å²) in [6, 6.07) is 5.51. The van der Waals surface area contributed by atoms with E-state index in [9.17, 15) is 20.2 Å². The first kappa shape index (κ1) is 19.0. The maximum absolute atomic E-state index is 11.2. The van der Waals surface area contributed by atoms with Gasteiger partial charge < -0.3 is 0 Å². The zero-order valence-electron chi connectivity index (χ0n) is 15.3. The highest BCUT2D eigenvalue weighted by molar-refractivity contribution is 6.02. The summed E-state index contributed by atoms with van der Waals surface area (Å²) in [5.41, 5.74) is 8.16. The average molecular weight is 356 g/mol. The standard InChI is InChI=1S/C18H20N4O4/c1-10-8-11(2)13(4)18(12(10)3)14(5)19-20-16-7-6-15(21(23)24)9-17(16)22(25)26/h6-9,20H,1-5H3/b19-14+. The largest absolute Gasteiger partial charge is 0.301 e. The van der Waals surface area contributed by atoms with Crippen LogP contribution in [0, 0.1) is 47.9 Å². The number of hydrazone groups is 1. The van der Waals surface area contributed by atoms with E-state index in [2.05, 4.69) is 16.6 Å². The van der Waals surface area contributed by atoms with Crippen LogP contribution in [0.15, 0.2) is 29.4 Å². The van der Waals surface area contributed by atoms with Crippen molar-refractivity contribution in [2.75, 3.05) is 5.43 Å². The van der Waals surface area contributed by atoms with Crippen LogP contribution in [0.5, 0.6) is 0 Å². The molecule has 1 N–H and O–H groups in total. The van der Waals surface area contributed by atoms with E-state index in [4.69, 9.17) is 0 Å². The molecule has 2 rings (SSSR count). The molecule has 0 heterocycles. The highest BCUT2D eigenvalue weighted by Gasteiger charge is 2.19. The van der Waals surface area contributed by atoms with Gasteiger partial charge in [0.2, 0.25) is 0 Å². The number of hydrogen-bond donors (Lipinski definition) is 1. The first-order chi connectivity index (χ1) is 12.1. The first-order valence-corrected chi connectivity index (χ1v) is 7.94. The quantitative estimate of drug-likeness (QED) is 0.479. The smallest absolute Gasteiger partial charge is 0.271 e. The van der Waals surface area contributed by atoms with Crippen LogP contribution in [0.2, 0.25) is 0 Å². The topological polar surface area (TPSA) is 111 Å². The Morgan fingerprint density at radius 1 is 0.962 bits per heavy atom. The molecule has 0 aliphatic rings. The number of benzene rings is 2. The van der Waals surface area contributed by atoms with E-state index in [1.807, 2.05) is 34.6 Å². The van der Waals surface area contributed by atoms with E-state index < -0.39 is 15.5 Å². The second-order valence-electron chi connectivity index (χ2n) is 6.16. The zero-order valence-corrected chi connectivity index (χ0v) is 15.3. The van der Waals surface area contributed by atoms with Crippen LogP contribution in [0.3, 0.4) is 0 Å². The normalized spacial score (nSPS) is 11.3. The lowest BCUT2D eigenvalue weighted by Crippen LogP contribution is -2.08. The van der Waals surface area contributed by atoms with E-state index in [1.165, 1.54) is 12.1 Å². The van der Waals surface area contributed by atoms with E-state index in [1.54, 1.807) is 0 Å². The third kappa shape index (κ3) is 3.69.